The topological polar surface area (TPSA) is 71.1 Å². The van der Waals surface area contributed by atoms with Crippen LogP contribution in [0.4, 0.5) is 0 Å². The SMILES string of the molecule is O=C(COc1ccc(-c2nc3ncc(Br)cc3[nH]2)cc1)CN1CCCC1. The number of rotatable bonds is 6. The summed E-state index contributed by atoms with van der Waals surface area (Å²) in [6.45, 7) is 2.63. The molecule has 0 amide bonds. The van der Waals surface area contributed by atoms with Gasteiger partial charge in [-0.15, -0.1) is 0 Å². The van der Waals surface area contributed by atoms with Crippen LogP contribution in [-0.2, 0) is 4.79 Å². The number of carbonyl (C=O) groups excluding carboxylic acids is 1. The molecule has 4 rings (SSSR count). The standard InChI is InChI=1S/C19H19BrN4O2/c20-14-9-17-19(21-10-14)23-18(22-17)13-3-5-16(6-4-13)26-12-15(25)11-24-7-1-2-8-24/h3-6,9-10H,1-2,7-8,11-12H2,(H,21,22,23). The van der Waals surface area contributed by atoms with Crippen LogP contribution < -0.4 is 4.74 Å². The van der Waals surface area contributed by atoms with Crippen molar-refractivity contribution < 1.29 is 9.53 Å². The average molecular weight is 415 g/mol. The number of Topliss-reactive ketones (excluding diaryl/α,β-unsaturated/α-hetero) is 1. The van der Waals surface area contributed by atoms with E-state index >= 15 is 0 Å². The summed E-state index contributed by atoms with van der Waals surface area (Å²) in [6.07, 6.45) is 4.09. The number of carbonyl (C=O) groups is 1. The number of nitrogens with one attached hydrogen (secondary N) is 1. The summed E-state index contributed by atoms with van der Waals surface area (Å²) >= 11 is 3.41. The molecule has 134 valence electrons. The minimum Gasteiger partial charge on any atom is -0.486 e. The number of hydrogen-bond acceptors (Lipinski definition) is 5. The number of likely N-dealkylation sites (tertiary alicyclic amines) is 1. The van der Waals surface area contributed by atoms with E-state index in [9.17, 15) is 4.79 Å². The molecule has 1 aromatic carbocycles. The molecule has 26 heavy (non-hydrogen) atoms. The number of hydrogen-bond donors (Lipinski definition) is 1. The normalized spacial score (nSPS) is 14.8. The number of pyridine rings is 1. The van der Waals surface area contributed by atoms with Crippen molar-refractivity contribution in [3.8, 4) is 17.1 Å². The predicted octanol–water partition coefficient (Wildman–Crippen LogP) is 3.43. The Kier molecular flexibility index (Phi) is 4.99. The summed E-state index contributed by atoms with van der Waals surface area (Å²) < 4.78 is 6.52. The maximum Gasteiger partial charge on any atom is 0.184 e. The summed E-state index contributed by atoms with van der Waals surface area (Å²) in [7, 11) is 0. The third-order valence-corrected chi connectivity index (χ3v) is 4.86. The zero-order valence-electron chi connectivity index (χ0n) is 14.2. The molecule has 0 spiro atoms. The molecule has 0 saturated carbocycles. The summed E-state index contributed by atoms with van der Waals surface area (Å²) in [5, 5.41) is 0. The van der Waals surface area contributed by atoms with E-state index in [1.807, 2.05) is 30.3 Å². The van der Waals surface area contributed by atoms with Gasteiger partial charge in [-0.1, -0.05) is 0 Å². The number of imidazole rings is 1. The van der Waals surface area contributed by atoms with Crippen molar-refractivity contribution in [2.24, 2.45) is 0 Å². The van der Waals surface area contributed by atoms with Crippen molar-refractivity contribution in [2.45, 2.75) is 12.8 Å². The maximum absolute atomic E-state index is 12.0. The maximum atomic E-state index is 12.0. The quantitative estimate of drug-likeness (QED) is 0.668. The molecule has 2 aromatic heterocycles. The summed E-state index contributed by atoms with van der Waals surface area (Å²) in [6, 6.07) is 9.51. The Labute approximate surface area is 159 Å². The van der Waals surface area contributed by atoms with E-state index in [1.54, 1.807) is 6.20 Å². The smallest absolute Gasteiger partial charge is 0.184 e. The van der Waals surface area contributed by atoms with Crippen molar-refractivity contribution in [3.63, 3.8) is 0 Å². The highest BCUT2D eigenvalue weighted by atomic mass is 79.9. The Morgan fingerprint density at radius 3 is 2.77 bits per heavy atom. The molecular weight excluding hydrogens is 396 g/mol. The molecule has 7 heteroatoms. The lowest BCUT2D eigenvalue weighted by molar-refractivity contribution is -0.121. The Morgan fingerprint density at radius 2 is 2.00 bits per heavy atom. The largest absolute Gasteiger partial charge is 0.486 e. The third-order valence-electron chi connectivity index (χ3n) is 4.43. The lowest BCUT2D eigenvalue weighted by Crippen LogP contribution is -2.29. The predicted molar refractivity (Wildman–Crippen MR) is 103 cm³/mol. The second kappa shape index (κ2) is 7.55. The highest BCUT2D eigenvalue weighted by Gasteiger charge is 2.15. The molecule has 3 aromatic rings. The van der Waals surface area contributed by atoms with E-state index in [-0.39, 0.29) is 12.4 Å². The molecule has 1 aliphatic rings. The van der Waals surface area contributed by atoms with Gasteiger partial charge in [0.1, 0.15) is 18.2 Å². The number of halogens is 1. The molecule has 0 radical (unpaired) electrons. The van der Waals surface area contributed by atoms with Crippen molar-refractivity contribution in [1.82, 2.24) is 19.9 Å². The first-order chi connectivity index (χ1) is 12.7. The molecule has 1 fully saturated rings. The Hall–Kier alpha value is -2.25. The van der Waals surface area contributed by atoms with Crippen LogP contribution in [-0.4, -0.2) is 51.9 Å². The highest BCUT2D eigenvalue weighted by molar-refractivity contribution is 9.10. The van der Waals surface area contributed by atoms with E-state index < -0.39 is 0 Å². The molecule has 0 aliphatic carbocycles. The first kappa shape index (κ1) is 17.2. The van der Waals surface area contributed by atoms with Gasteiger partial charge >= 0.3 is 0 Å². The van der Waals surface area contributed by atoms with Crippen LogP contribution in [0.1, 0.15) is 12.8 Å². The van der Waals surface area contributed by atoms with Gasteiger partial charge in [0, 0.05) is 16.2 Å². The van der Waals surface area contributed by atoms with E-state index in [0.29, 0.717) is 17.9 Å². The molecule has 0 unspecified atom stereocenters. The molecule has 1 saturated heterocycles. The van der Waals surface area contributed by atoms with Crippen LogP contribution in [0.15, 0.2) is 41.0 Å². The van der Waals surface area contributed by atoms with E-state index in [4.69, 9.17) is 4.74 Å². The van der Waals surface area contributed by atoms with Crippen molar-refractivity contribution in [1.29, 1.82) is 0 Å². The summed E-state index contributed by atoms with van der Waals surface area (Å²) in [5.41, 5.74) is 2.49. The number of aromatic amines is 1. The van der Waals surface area contributed by atoms with Crippen LogP contribution >= 0.6 is 15.9 Å². The zero-order chi connectivity index (χ0) is 17.9. The van der Waals surface area contributed by atoms with Crippen molar-refractivity contribution in [2.75, 3.05) is 26.2 Å². The number of aromatic nitrogens is 3. The second-order valence-corrected chi connectivity index (χ2v) is 7.36. The third kappa shape index (κ3) is 3.94. The van der Waals surface area contributed by atoms with Gasteiger partial charge in [0.05, 0.1) is 12.1 Å². The van der Waals surface area contributed by atoms with E-state index in [2.05, 4.69) is 35.8 Å². The van der Waals surface area contributed by atoms with Crippen LogP contribution in [0.25, 0.3) is 22.6 Å². The van der Waals surface area contributed by atoms with Gasteiger partial charge in [0.25, 0.3) is 0 Å². The Balaban J connectivity index is 1.38. The fraction of sp³-hybridized carbons (Fsp3) is 0.316. The van der Waals surface area contributed by atoms with Gasteiger partial charge in [-0.3, -0.25) is 9.69 Å². The molecule has 6 nitrogen and oxygen atoms in total. The van der Waals surface area contributed by atoms with Crippen LogP contribution in [0.3, 0.4) is 0 Å². The van der Waals surface area contributed by atoms with Gasteiger partial charge < -0.3 is 9.72 Å². The highest BCUT2D eigenvalue weighted by Crippen LogP contribution is 2.23. The second-order valence-electron chi connectivity index (χ2n) is 6.45. The van der Waals surface area contributed by atoms with E-state index in [1.165, 1.54) is 12.8 Å². The minimum atomic E-state index is 0.110. The van der Waals surface area contributed by atoms with Crippen LogP contribution in [0, 0.1) is 0 Å². The van der Waals surface area contributed by atoms with Crippen LogP contribution in [0.5, 0.6) is 5.75 Å². The first-order valence-corrected chi connectivity index (χ1v) is 9.45. The number of benzene rings is 1. The van der Waals surface area contributed by atoms with Crippen molar-refractivity contribution in [3.05, 3.63) is 41.0 Å². The van der Waals surface area contributed by atoms with Gasteiger partial charge in [0.2, 0.25) is 0 Å². The number of ether oxygens (including phenoxy) is 1. The fourth-order valence-corrected chi connectivity index (χ4v) is 3.45. The average Bonchev–Trinajstić information content (AvgIpc) is 3.29. The number of nitrogens with zero attached hydrogens (tertiary/aromatic N) is 3. The minimum absolute atomic E-state index is 0.110. The monoisotopic (exact) mass is 414 g/mol. The zero-order valence-corrected chi connectivity index (χ0v) is 15.8. The van der Waals surface area contributed by atoms with Crippen molar-refractivity contribution >= 4 is 32.9 Å². The Bertz CT molecular complexity index is 917. The number of H-pyrrole nitrogens is 1. The first-order valence-electron chi connectivity index (χ1n) is 8.66. The Morgan fingerprint density at radius 1 is 1.23 bits per heavy atom. The van der Waals surface area contributed by atoms with Crippen LogP contribution in [0.2, 0.25) is 0 Å². The van der Waals surface area contributed by atoms with Gasteiger partial charge in [-0.2, -0.15) is 0 Å². The molecular formula is C19H19BrN4O2. The summed E-state index contributed by atoms with van der Waals surface area (Å²) in [4.78, 5) is 26.2. The fourth-order valence-electron chi connectivity index (χ4n) is 3.12. The molecule has 0 bridgehead atoms. The molecule has 0 atom stereocenters. The lowest BCUT2D eigenvalue weighted by Gasteiger charge is -2.13. The molecule has 1 aliphatic heterocycles. The molecule has 1 N–H and O–H groups in total. The lowest BCUT2D eigenvalue weighted by atomic mass is 10.2. The van der Waals surface area contributed by atoms with E-state index in [0.717, 1.165) is 34.5 Å². The van der Waals surface area contributed by atoms with Gasteiger partial charge in [-0.25, -0.2) is 9.97 Å². The number of fused-ring (bicyclic) bond motifs is 1. The van der Waals surface area contributed by atoms with Gasteiger partial charge in [-0.05, 0) is 72.2 Å². The van der Waals surface area contributed by atoms with Gasteiger partial charge in [0.15, 0.2) is 11.4 Å². The summed E-state index contributed by atoms with van der Waals surface area (Å²) in [5.74, 6) is 1.55. The number of ketones is 1. The molecule has 3 heterocycles.